The van der Waals surface area contributed by atoms with Crippen LogP contribution >= 0.6 is 23.2 Å². The normalized spacial score (nSPS) is 11.0. The molecule has 0 aliphatic heterocycles. The van der Waals surface area contributed by atoms with Gasteiger partial charge in [-0.15, -0.1) is 10.2 Å². The first-order chi connectivity index (χ1) is 12.9. The average molecular weight is 403 g/mol. The van der Waals surface area contributed by atoms with E-state index in [4.69, 9.17) is 27.6 Å². The van der Waals surface area contributed by atoms with Crippen LogP contribution in [0.4, 0.5) is 11.4 Å². The number of nitriles is 1. The maximum atomic E-state index is 12.8. The first-order valence-corrected chi connectivity index (χ1v) is 8.44. The third-order valence-electron chi connectivity index (χ3n) is 3.85. The molecule has 0 atom stereocenters. The van der Waals surface area contributed by atoms with E-state index in [0.29, 0.717) is 5.76 Å². The van der Waals surface area contributed by atoms with E-state index in [1.54, 1.807) is 30.3 Å². The van der Waals surface area contributed by atoms with E-state index in [2.05, 4.69) is 10.2 Å². The van der Waals surface area contributed by atoms with E-state index in [0.717, 1.165) is 4.57 Å². The van der Waals surface area contributed by atoms with Crippen LogP contribution in [0.15, 0.2) is 56.0 Å². The van der Waals surface area contributed by atoms with Gasteiger partial charge < -0.3 is 9.52 Å². The van der Waals surface area contributed by atoms with Gasteiger partial charge in [0.25, 0.3) is 5.56 Å². The van der Waals surface area contributed by atoms with E-state index < -0.39 is 11.4 Å². The summed E-state index contributed by atoms with van der Waals surface area (Å²) in [7, 11) is 0. The number of aromatic nitrogens is 1. The predicted octanol–water partition coefficient (Wildman–Crippen LogP) is 5.10. The van der Waals surface area contributed by atoms with E-state index >= 15 is 0 Å². The van der Waals surface area contributed by atoms with Crippen LogP contribution in [0.1, 0.15) is 16.9 Å². The van der Waals surface area contributed by atoms with Crippen LogP contribution in [-0.2, 0) is 6.54 Å². The SMILES string of the molecule is Cc1c(C#N)c(O)n(Cc2ccco2)c(=O)c1N=Nc1c(Cl)cccc1Cl. The summed E-state index contributed by atoms with van der Waals surface area (Å²) in [4.78, 5) is 12.8. The Balaban J connectivity index is 2.16. The molecule has 1 aromatic carbocycles. The fourth-order valence-electron chi connectivity index (χ4n) is 2.45. The molecule has 1 N–H and O–H groups in total. The number of furan rings is 1. The van der Waals surface area contributed by atoms with Crippen molar-refractivity contribution in [3.8, 4) is 11.9 Å². The molecule has 0 fully saturated rings. The summed E-state index contributed by atoms with van der Waals surface area (Å²) >= 11 is 12.1. The Bertz CT molecular complexity index is 1110. The van der Waals surface area contributed by atoms with E-state index in [9.17, 15) is 15.2 Å². The highest BCUT2D eigenvalue weighted by Gasteiger charge is 2.20. The van der Waals surface area contributed by atoms with Crippen molar-refractivity contribution in [2.45, 2.75) is 13.5 Å². The Labute approximate surface area is 163 Å². The average Bonchev–Trinajstić information content (AvgIpc) is 3.14. The van der Waals surface area contributed by atoms with Crippen molar-refractivity contribution < 1.29 is 9.52 Å². The van der Waals surface area contributed by atoms with Gasteiger partial charge in [0.05, 0.1) is 22.9 Å². The summed E-state index contributed by atoms with van der Waals surface area (Å²) in [6.07, 6.45) is 1.44. The van der Waals surface area contributed by atoms with E-state index in [1.807, 2.05) is 6.07 Å². The molecular weight excluding hydrogens is 391 g/mol. The lowest BCUT2D eigenvalue weighted by Gasteiger charge is -2.12. The number of nitrogens with zero attached hydrogens (tertiary/aromatic N) is 4. The number of azo groups is 1. The van der Waals surface area contributed by atoms with Crippen LogP contribution in [0.25, 0.3) is 0 Å². The molecule has 7 nitrogen and oxygen atoms in total. The maximum absolute atomic E-state index is 12.8. The first-order valence-electron chi connectivity index (χ1n) is 7.68. The second-order valence-electron chi connectivity index (χ2n) is 5.52. The zero-order valence-electron chi connectivity index (χ0n) is 14.0. The summed E-state index contributed by atoms with van der Waals surface area (Å²) in [5.74, 6) is -0.0386. The minimum absolute atomic E-state index is 0.0675. The molecule has 2 aromatic heterocycles. The number of hydrogen-bond donors (Lipinski definition) is 1. The molecule has 0 saturated heterocycles. The topological polar surface area (TPSA) is 104 Å². The molecule has 0 amide bonds. The van der Waals surface area contributed by atoms with Gasteiger partial charge in [0.15, 0.2) is 5.69 Å². The van der Waals surface area contributed by atoms with Gasteiger partial charge in [-0.1, -0.05) is 29.3 Å². The molecule has 0 spiro atoms. The largest absolute Gasteiger partial charge is 0.493 e. The van der Waals surface area contributed by atoms with Crippen molar-refractivity contribution in [1.29, 1.82) is 5.26 Å². The van der Waals surface area contributed by atoms with Gasteiger partial charge in [0, 0.05) is 5.56 Å². The molecule has 3 rings (SSSR count). The van der Waals surface area contributed by atoms with Gasteiger partial charge in [-0.3, -0.25) is 9.36 Å². The molecule has 9 heteroatoms. The second-order valence-corrected chi connectivity index (χ2v) is 6.34. The van der Waals surface area contributed by atoms with Gasteiger partial charge in [0.2, 0.25) is 5.88 Å². The third kappa shape index (κ3) is 3.58. The summed E-state index contributed by atoms with van der Waals surface area (Å²) in [5, 5.41) is 28.2. The van der Waals surface area contributed by atoms with Crippen LogP contribution < -0.4 is 5.56 Å². The number of pyridine rings is 1. The quantitative estimate of drug-likeness (QED) is 0.612. The lowest BCUT2D eigenvalue weighted by atomic mass is 10.1. The standard InChI is InChI=1S/C18H12Cl2N4O3/c1-10-12(8-21)17(25)24(9-11-4-3-7-27-11)18(26)15(10)22-23-16-13(19)5-2-6-14(16)20/h2-7,25H,9H2,1H3. The Kier molecular flexibility index (Phi) is 5.31. The van der Waals surface area contributed by atoms with Gasteiger partial charge in [0.1, 0.15) is 23.1 Å². The number of rotatable bonds is 4. The molecule has 0 bridgehead atoms. The fourth-order valence-corrected chi connectivity index (χ4v) is 2.92. The summed E-state index contributed by atoms with van der Waals surface area (Å²) < 4.78 is 6.20. The second kappa shape index (κ2) is 7.66. The van der Waals surface area contributed by atoms with Crippen LogP contribution in [0.3, 0.4) is 0 Å². The molecule has 0 radical (unpaired) electrons. The van der Waals surface area contributed by atoms with Crippen LogP contribution in [-0.4, -0.2) is 9.67 Å². The fraction of sp³-hybridized carbons (Fsp3) is 0.111. The molecule has 136 valence electrons. The smallest absolute Gasteiger partial charge is 0.281 e. The number of halogens is 2. The predicted molar refractivity (Wildman–Crippen MR) is 100 cm³/mol. The Morgan fingerprint density at radius 1 is 1.19 bits per heavy atom. The molecular formula is C18H12Cl2N4O3. The number of aromatic hydroxyl groups is 1. The summed E-state index contributed by atoms with van der Waals surface area (Å²) in [6, 6.07) is 9.99. The summed E-state index contributed by atoms with van der Waals surface area (Å²) in [6.45, 7) is 1.43. The van der Waals surface area contributed by atoms with Crippen molar-refractivity contribution in [1.82, 2.24) is 4.57 Å². The molecule has 2 heterocycles. The maximum Gasteiger partial charge on any atom is 0.281 e. The van der Waals surface area contributed by atoms with Crippen LogP contribution in [0.2, 0.25) is 10.0 Å². The molecule has 0 aliphatic rings. The van der Waals surface area contributed by atoms with Crippen molar-refractivity contribution in [2.75, 3.05) is 0 Å². The van der Waals surface area contributed by atoms with Crippen LogP contribution in [0, 0.1) is 18.3 Å². The Hall–Kier alpha value is -3.08. The number of benzene rings is 1. The monoisotopic (exact) mass is 402 g/mol. The molecule has 3 aromatic rings. The Morgan fingerprint density at radius 2 is 1.85 bits per heavy atom. The minimum Gasteiger partial charge on any atom is -0.493 e. The Morgan fingerprint density at radius 3 is 2.44 bits per heavy atom. The minimum atomic E-state index is -0.632. The molecule has 27 heavy (non-hydrogen) atoms. The zero-order valence-corrected chi connectivity index (χ0v) is 15.5. The van der Waals surface area contributed by atoms with Crippen molar-refractivity contribution in [3.05, 3.63) is 73.9 Å². The number of hydrogen-bond acceptors (Lipinski definition) is 6. The molecule has 0 unspecified atom stereocenters. The lowest BCUT2D eigenvalue weighted by molar-refractivity contribution is 0.397. The lowest BCUT2D eigenvalue weighted by Crippen LogP contribution is -2.22. The van der Waals surface area contributed by atoms with Crippen molar-refractivity contribution >= 4 is 34.6 Å². The van der Waals surface area contributed by atoms with E-state index in [1.165, 1.54) is 13.2 Å². The third-order valence-corrected chi connectivity index (χ3v) is 4.46. The first kappa shape index (κ1) is 18.7. The van der Waals surface area contributed by atoms with Crippen LogP contribution in [0.5, 0.6) is 5.88 Å². The van der Waals surface area contributed by atoms with Gasteiger partial charge in [-0.2, -0.15) is 5.26 Å². The molecule has 0 saturated carbocycles. The highest BCUT2D eigenvalue weighted by atomic mass is 35.5. The van der Waals surface area contributed by atoms with Gasteiger partial charge >= 0.3 is 0 Å². The van der Waals surface area contributed by atoms with E-state index in [-0.39, 0.29) is 39.1 Å². The van der Waals surface area contributed by atoms with Crippen molar-refractivity contribution in [2.24, 2.45) is 10.2 Å². The van der Waals surface area contributed by atoms with Gasteiger partial charge in [-0.25, -0.2) is 0 Å². The van der Waals surface area contributed by atoms with Gasteiger partial charge in [-0.05, 0) is 31.2 Å². The summed E-state index contributed by atoms with van der Waals surface area (Å²) in [5.41, 5.74) is -0.425. The highest BCUT2D eigenvalue weighted by Crippen LogP contribution is 2.34. The zero-order chi connectivity index (χ0) is 19.6. The molecule has 0 aliphatic carbocycles. The highest BCUT2D eigenvalue weighted by molar-refractivity contribution is 6.38. The van der Waals surface area contributed by atoms with Crippen molar-refractivity contribution in [3.63, 3.8) is 0 Å².